The number of aromatic nitrogens is 1. The van der Waals surface area contributed by atoms with Crippen molar-refractivity contribution in [1.29, 1.82) is 5.41 Å². The Morgan fingerprint density at radius 1 is 1.30 bits per heavy atom. The van der Waals surface area contributed by atoms with E-state index in [9.17, 15) is 4.79 Å². The molecule has 1 aromatic heterocycles. The number of rotatable bonds is 5. The van der Waals surface area contributed by atoms with Crippen molar-refractivity contribution in [2.75, 3.05) is 0 Å². The fourth-order valence-electron chi connectivity index (χ4n) is 2.04. The highest BCUT2D eigenvalue weighted by Crippen LogP contribution is 2.26. The Bertz CT molecular complexity index is 805. The minimum Gasteiger partial charge on any atom is -0.489 e. The maximum atomic E-state index is 11.3. The number of pyridine rings is 1. The van der Waals surface area contributed by atoms with Gasteiger partial charge in [0.1, 0.15) is 17.3 Å². The van der Waals surface area contributed by atoms with Gasteiger partial charge < -0.3 is 15.0 Å². The van der Waals surface area contributed by atoms with Gasteiger partial charge in [0.15, 0.2) is 0 Å². The molecule has 8 heteroatoms. The largest absolute Gasteiger partial charge is 0.489 e. The molecule has 0 saturated carbocycles. The van der Waals surface area contributed by atoms with Gasteiger partial charge in [0, 0.05) is 12.3 Å². The Balaban J connectivity index is 2.20. The molecule has 1 heterocycles. The van der Waals surface area contributed by atoms with Crippen LogP contribution in [0.1, 0.15) is 17.3 Å². The summed E-state index contributed by atoms with van der Waals surface area (Å²) in [6.45, 7) is 2.12. The topological polar surface area (TPSA) is 81.1 Å². The molecule has 5 nitrogen and oxygen atoms in total. The van der Waals surface area contributed by atoms with E-state index in [1.165, 1.54) is 10.6 Å². The third-order valence-electron chi connectivity index (χ3n) is 3.05. The number of primary amides is 1. The first-order valence-corrected chi connectivity index (χ1v) is 7.77. The molecule has 0 aliphatic heterocycles. The Hall–Kier alpha value is -1.69. The zero-order valence-electron chi connectivity index (χ0n) is 12.1. The van der Waals surface area contributed by atoms with Crippen LogP contribution in [-0.2, 0) is 6.54 Å². The molecule has 23 heavy (non-hydrogen) atoms. The summed E-state index contributed by atoms with van der Waals surface area (Å²) >= 11 is 17.8. The van der Waals surface area contributed by atoms with Crippen LogP contribution in [0.5, 0.6) is 5.75 Å². The lowest BCUT2D eigenvalue weighted by Gasteiger charge is -2.18. The molecule has 122 valence electrons. The SMILES string of the molecule is CC(Cn1cc(Cl)cc(C(N)=O)c1=N)Oc1ccc(Cl)c(Cl)c1. The van der Waals surface area contributed by atoms with E-state index in [1.54, 1.807) is 24.4 Å². The number of benzene rings is 1. The molecule has 0 fully saturated rings. The molecule has 2 rings (SSSR count). The van der Waals surface area contributed by atoms with Crippen molar-refractivity contribution in [3.63, 3.8) is 0 Å². The zero-order valence-corrected chi connectivity index (χ0v) is 14.4. The van der Waals surface area contributed by atoms with Gasteiger partial charge in [0.2, 0.25) is 0 Å². The Kier molecular flexibility index (Phi) is 5.57. The molecule has 1 atom stereocenters. The summed E-state index contributed by atoms with van der Waals surface area (Å²) in [6, 6.07) is 6.32. The highest BCUT2D eigenvalue weighted by Gasteiger charge is 2.12. The van der Waals surface area contributed by atoms with Gasteiger partial charge in [-0.3, -0.25) is 10.2 Å². The van der Waals surface area contributed by atoms with Crippen LogP contribution in [-0.4, -0.2) is 16.6 Å². The highest BCUT2D eigenvalue weighted by molar-refractivity contribution is 6.42. The van der Waals surface area contributed by atoms with Crippen molar-refractivity contribution in [3.8, 4) is 5.75 Å². The molecule has 0 bridgehead atoms. The van der Waals surface area contributed by atoms with Crippen LogP contribution in [0.4, 0.5) is 0 Å². The first kappa shape index (κ1) is 17.7. The lowest BCUT2D eigenvalue weighted by molar-refractivity contribution is 0.0997. The van der Waals surface area contributed by atoms with Crippen molar-refractivity contribution in [3.05, 3.63) is 56.6 Å². The van der Waals surface area contributed by atoms with E-state index in [2.05, 4.69) is 0 Å². The second kappa shape index (κ2) is 7.25. The van der Waals surface area contributed by atoms with Crippen molar-refractivity contribution in [1.82, 2.24) is 4.57 Å². The van der Waals surface area contributed by atoms with Gasteiger partial charge >= 0.3 is 0 Å². The summed E-state index contributed by atoms with van der Waals surface area (Å²) in [7, 11) is 0. The molecule has 0 aliphatic rings. The second-order valence-corrected chi connectivity index (χ2v) is 6.19. The number of nitrogens with zero attached hydrogens (tertiary/aromatic N) is 1. The minimum absolute atomic E-state index is 0.0218. The Labute approximate surface area is 148 Å². The molecule has 0 radical (unpaired) electrons. The molecule has 3 N–H and O–H groups in total. The molecule has 0 aliphatic carbocycles. The van der Waals surface area contributed by atoms with Crippen LogP contribution in [0.3, 0.4) is 0 Å². The summed E-state index contributed by atoms with van der Waals surface area (Å²) in [5.41, 5.74) is 5.28. The van der Waals surface area contributed by atoms with Crippen molar-refractivity contribution >= 4 is 40.7 Å². The molecule has 1 amide bonds. The van der Waals surface area contributed by atoms with Crippen molar-refractivity contribution in [2.45, 2.75) is 19.6 Å². The lowest BCUT2D eigenvalue weighted by atomic mass is 10.2. The van der Waals surface area contributed by atoms with Gasteiger partial charge in [-0.05, 0) is 25.1 Å². The fourth-order valence-corrected chi connectivity index (χ4v) is 2.56. The second-order valence-electron chi connectivity index (χ2n) is 4.94. The Morgan fingerprint density at radius 2 is 2.00 bits per heavy atom. The monoisotopic (exact) mass is 373 g/mol. The third-order valence-corrected chi connectivity index (χ3v) is 4.00. The molecular formula is C15H14Cl3N3O2. The smallest absolute Gasteiger partial charge is 0.252 e. The number of nitrogens with two attached hydrogens (primary N) is 1. The first-order chi connectivity index (χ1) is 10.8. The normalized spacial score (nSPS) is 12.0. The number of ether oxygens (including phenoxy) is 1. The average Bonchev–Trinajstić information content (AvgIpc) is 2.46. The van der Waals surface area contributed by atoms with Crippen LogP contribution in [0, 0.1) is 5.41 Å². The summed E-state index contributed by atoms with van der Waals surface area (Å²) < 4.78 is 7.25. The minimum atomic E-state index is -0.704. The van der Waals surface area contributed by atoms with Gasteiger partial charge in [0.05, 0.1) is 27.2 Å². The standard InChI is InChI=1S/C15H14Cl3N3O2/c1-8(23-10-2-3-12(17)13(18)5-10)6-21-7-9(16)4-11(14(21)19)15(20)22/h2-5,7-8,19H,6H2,1H3,(H2,20,22). The summed E-state index contributed by atoms with van der Waals surface area (Å²) in [4.78, 5) is 11.3. The fraction of sp³-hybridized carbons (Fsp3) is 0.200. The number of amides is 1. The van der Waals surface area contributed by atoms with Crippen LogP contribution < -0.4 is 16.0 Å². The zero-order chi connectivity index (χ0) is 17.1. The van der Waals surface area contributed by atoms with Gasteiger partial charge in [-0.25, -0.2) is 0 Å². The van der Waals surface area contributed by atoms with Crippen molar-refractivity contribution < 1.29 is 9.53 Å². The van der Waals surface area contributed by atoms with E-state index < -0.39 is 5.91 Å². The number of hydrogen-bond acceptors (Lipinski definition) is 3. The van der Waals surface area contributed by atoms with Crippen LogP contribution in [0.25, 0.3) is 0 Å². The van der Waals surface area contributed by atoms with Gasteiger partial charge in [-0.1, -0.05) is 34.8 Å². The number of carbonyl (C=O) groups excluding carboxylic acids is 1. The summed E-state index contributed by atoms with van der Waals surface area (Å²) in [5, 5.41) is 9.17. The predicted octanol–water partition coefficient (Wildman–Crippen LogP) is 3.49. The van der Waals surface area contributed by atoms with E-state index in [0.717, 1.165) is 0 Å². The maximum Gasteiger partial charge on any atom is 0.252 e. The van der Waals surface area contributed by atoms with Gasteiger partial charge in [0.25, 0.3) is 5.91 Å². The van der Waals surface area contributed by atoms with Crippen molar-refractivity contribution in [2.24, 2.45) is 5.73 Å². The number of halogens is 3. The molecule has 0 spiro atoms. The quantitative estimate of drug-likeness (QED) is 0.840. The molecule has 1 unspecified atom stereocenters. The van der Waals surface area contributed by atoms with Gasteiger partial charge in [-0.15, -0.1) is 0 Å². The average molecular weight is 375 g/mol. The lowest BCUT2D eigenvalue weighted by Crippen LogP contribution is -2.33. The maximum absolute atomic E-state index is 11.3. The highest BCUT2D eigenvalue weighted by atomic mass is 35.5. The molecular weight excluding hydrogens is 361 g/mol. The van der Waals surface area contributed by atoms with E-state index >= 15 is 0 Å². The third kappa shape index (κ3) is 4.41. The number of carbonyl (C=O) groups is 1. The van der Waals surface area contributed by atoms with Crippen LogP contribution in [0.2, 0.25) is 15.1 Å². The van der Waals surface area contributed by atoms with E-state index in [-0.39, 0.29) is 17.2 Å². The van der Waals surface area contributed by atoms with Crippen LogP contribution >= 0.6 is 34.8 Å². The predicted molar refractivity (Wildman–Crippen MR) is 90.4 cm³/mol. The summed E-state index contributed by atoms with van der Waals surface area (Å²) in [5.74, 6) is -0.152. The van der Waals surface area contributed by atoms with Crippen LogP contribution in [0.15, 0.2) is 30.5 Å². The molecule has 2 aromatic rings. The van der Waals surface area contributed by atoms with E-state index in [4.69, 9.17) is 50.7 Å². The van der Waals surface area contributed by atoms with Gasteiger partial charge in [-0.2, -0.15) is 0 Å². The Morgan fingerprint density at radius 3 is 2.61 bits per heavy atom. The molecule has 1 aromatic carbocycles. The summed E-state index contributed by atoms with van der Waals surface area (Å²) in [6.07, 6.45) is 1.24. The van der Waals surface area contributed by atoms with E-state index in [0.29, 0.717) is 27.4 Å². The molecule has 0 saturated heterocycles. The first-order valence-electron chi connectivity index (χ1n) is 6.64. The number of nitrogens with one attached hydrogen (secondary N) is 1. The number of hydrogen-bond donors (Lipinski definition) is 2. The van der Waals surface area contributed by atoms with E-state index in [1.807, 2.05) is 6.92 Å².